The molecule has 3 nitrogen and oxygen atoms in total. The molecule has 3 N–H and O–H groups in total. The van der Waals surface area contributed by atoms with Crippen molar-refractivity contribution in [3.8, 4) is 0 Å². The Bertz CT molecular complexity index is 295. The number of alkyl halides is 3. The van der Waals surface area contributed by atoms with Crippen molar-refractivity contribution >= 4 is 11.8 Å². The van der Waals surface area contributed by atoms with Crippen LogP contribution in [0.2, 0.25) is 0 Å². The number of rotatable bonds is 4. The molecule has 2 aliphatic rings. The van der Waals surface area contributed by atoms with Gasteiger partial charge in [0.15, 0.2) is 0 Å². The molecule has 19 heavy (non-hydrogen) atoms. The fourth-order valence-corrected chi connectivity index (χ4v) is 4.42. The predicted molar refractivity (Wildman–Crippen MR) is 69.7 cm³/mol. The second kappa shape index (κ2) is 6.20. The van der Waals surface area contributed by atoms with E-state index in [0.29, 0.717) is 6.61 Å². The molecule has 3 atom stereocenters. The van der Waals surface area contributed by atoms with Gasteiger partial charge in [-0.25, -0.2) is 0 Å². The number of hydrogen-bond donors (Lipinski definition) is 2. The first-order valence-corrected chi connectivity index (χ1v) is 7.84. The van der Waals surface area contributed by atoms with Crippen molar-refractivity contribution in [2.45, 2.75) is 49.9 Å². The maximum Gasteiger partial charge on any atom is 0.389 e. The summed E-state index contributed by atoms with van der Waals surface area (Å²) < 4.78 is 42.8. The lowest BCUT2D eigenvalue weighted by atomic mass is 9.80. The van der Waals surface area contributed by atoms with Gasteiger partial charge < -0.3 is 4.74 Å². The van der Waals surface area contributed by atoms with Crippen molar-refractivity contribution in [1.82, 2.24) is 5.43 Å². The summed E-state index contributed by atoms with van der Waals surface area (Å²) in [5.74, 6) is 7.67. The first-order chi connectivity index (χ1) is 8.94. The molecule has 2 fully saturated rings. The average Bonchev–Trinajstić information content (AvgIpc) is 2.77. The second-order valence-corrected chi connectivity index (χ2v) is 6.62. The van der Waals surface area contributed by atoms with Gasteiger partial charge in [-0.05, 0) is 37.4 Å². The smallest absolute Gasteiger partial charge is 0.374 e. The van der Waals surface area contributed by atoms with E-state index in [2.05, 4.69) is 5.43 Å². The zero-order valence-electron chi connectivity index (χ0n) is 10.8. The lowest BCUT2D eigenvalue weighted by Crippen LogP contribution is -2.49. The minimum Gasteiger partial charge on any atom is -0.374 e. The maximum absolute atomic E-state index is 12.3. The van der Waals surface area contributed by atoms with Gasteiger partial charge >= 0.3 is 6.18 Å². The van der Waals surface area contributed by atoms with Crippen LogP contribution >= 0.6 is 11.8 Å². The van der Waals surface area contributed by atoms with Crippen molar-refractivity contribution in [1.29, 1.82) is 0 Å². The quantitative estimate of drug-likeness (QED) is 0.618. The summed E-state index contributed by atoms with van der Waals surface area (Å²) in [4.78, 5) is 0. The summed E-state index contributed by atoms with van der Waals surface area (Å²) in [6, 6.07) is -0.270. The summed E-state index contributed by atoms with van der Waals surface area (Å²) in [6.07, 6.45) is -2.22. The van der Waals surface area contributed by atoms with Crippen LogP contribution in [0.15, 0.2) is 0 Å². The molecule has 3 unspecified atom stereocenters. The first-order valence-electron chi connectivity index (χ1n) is 6.69. The van der Waals surface area contributed by atoms with Crippen LogP contribution in [0.4, 0.5) is 13.2 Å². The van der Waals surface area contributed by atoms with Crippen LogP contribution in [0, 0.1) is 5.92 Å². The summed E-state index contributed by atoms with van der Waals surface area (Å²) in [5, 5.41) is 0. The molecule has 0 amide bonds. The van der Waals surface area contributed by atoms with E-state index in [0.717, 1.165) is 30.8 Å². The van der Waals surface area contributed by atoms with E-state index in [1.54, 1.807) is 0 Å². The predicted octanol–water partition coefficient (Wildman–Crippen LogP) is 2.46. The minimum atomic E-state index is -4.11. The van der Waals surface area contributed by atoms with Crippen LogP contribution in [0.5, 0.6) is 0 Å². The highest BCUT2D eigenvalue weighted by Gasteiger charge is 2.42. The zero-order valence-corrected chi connectivity index (χ0v) is 11.7. The zero-order chi connectivity index (χ0) is 13.9. The lowest BCUT2D eigenvalue weighted by Gasteiger charge is -2.40. The average molecular weight is 298 g/mol. The van der Waals surface area contributed by atoms with Gasteiger partial charge in [-0.3, -0.25) is 11.3 Å². The first kappa shape index (κ1) is 15.4. The molecule has 2 rings (SSSR count). The third-order valence-corrected chi connectivity index (χ3v) is 5.34. The molecule has 1 spiro atoms. The molecule has 0 aromatic rings. The minimum absolute atomic E-state index is 0.0495. The van der Waals surface area contributed by atoms with Gasteiger partial charge in [0.25, 0.3) is 0 Å². The molecule has 2 saturated heterocycles. The summed E-state index contributed by atoms with van der Waals surface area (Å²) in [7, 11) is 0. The Morgan fingerprint density at radius 2 is 2.26 bits per heavy atom. The molecule has 0 bridgehead atoms. The molecule has 0 saturated carbocycles. The number of thioether (sulfide) groups is 1. The molecule has 2 heterocycles. The van der Waals surface area contributed by atoms with Crippen LogP contribution in [0.25, 0.3) is 0 Å². The molecule has 0 aromatic heterocycles. The monoisotopic (exact) mass is 298 g/mol. The van der Waals surface area contributed by atoms with Crippen LogP contribution in [-0.4, -0.2) is 35.9 Å². The molecule has 0 aromatic carbocycles. The normalized spacial score (nSPS) is 33.8. The van der Waals surface area contributed by atoms with Crippen molar-refractivity contribution < 1.29 is 17.9 Å². The van der Waals surface area contributed by atoms with Gasteiger partial charge in [0.05, 0.1) is 5.60 Å². The Hall–Kier alpha value is 0.0200. The SMILES string of the molecule is NNC(CCC(F)(F)F)C1CCOC2(CCSC2)C1. The molecule has 0 aliphatic carbocycles. The van der Waals surface area contributed by atoms with E-state index in [-0.39, 0.29) is 24.0 Å². The van der Waals surface area contributed by atoms with Gasteiger partial charge in [0.1, 0.15) is 0 Å². The van der Waals surface area contributed by atoms with Crippen LogP contribution in [-0.2, 0) is 4.74 Å². The van der Waals surface area contributed by atoms with E-state index in [1.165, 1.54) is 0 Å². The van der Waals surface area contributed by atoms with Crippen LogP contribution < -0.4 is 11.3 Å². The van der Waals surface area contributed by atoms with Crippen LogP contribution in [0.1, 0.15) is 32.1 Å². The van der Waals surface area contributed by atoms with Crippen molar-refractivity contribution in [3.05, 3.63) is 0 Å². The number of halogens is 3. The number of nitrogens with one attached hydrogen (secondary N) is 1. The highest BCUT2D eigenvalue weighted by atomic mass is 32.2. The number of nitrogens with two attached hydrogens (primary N) is 1. The number of hydrogen-bond acceptors (Lipinski definition) is 4. The summed E-state index contributed by atoms with van der Waals surface area (Å²) in [6.45, 7) is 0.634. The van der Waals surface area contributed by atoms with Gasteiger partial charge in [-0.1, -0.05) is 0 Å². The van der Waals surface area contributed by atoms with E-state index in [4.69, 9.17) is 10.6 Å². The second-order valence-electron chi connectivity index (χ2n) is 5.51. The molecular formula is C12H21F3N2OS. The molecule has 7 heteroatoms. The van der Waals surface area contributed by atoms with Gasteiger partial charge in [0, 0.05) is 24.8 Å². The fourth-order valence-electron chi connectivity index (χ4n) is 3.05. The third-order valence-electron chi connectivity index (χ3n) is 4.12. The van der Waals surface area contributed by atoms with E-state index >= 15 is 0 Å². The molecular weight excluding hydrogens is 277 g/mol. The summed E-state index contributed by atoms with van der Waals surface area (Å²) >= 11 is 1.86. The Morgan fingerprint density at radius 3 is 2.84 bits per heavy atom. The molecule has 112 valence electrons. The van der Waals surface area contributed by atoms with E-state index < -0.39 is 12.6 Å². The van der Waals surface area contributed by atoms with Crippen molar-refractivity contribution in [2.75, 3.05) is 18.1 Å². The van der Waals surface area contributed by atoms with Gasteiger partial charge in [-0.15, -0.1) is 0 Å². The molecule has 2 aliphatic heterocycles. The van der Waals surface area contributed by atoms with E-state index in [9.17, 15) is 13.2 Å². The number of ether oxygens (including phenoxy) is 1. The largest absolute Gasteiger partial charge is 0.389 e. The van der Waals surface area contributed by atoms with Crippen LogP contribution in [0.3, 0.4) is 0 Å². The Morgan fingerprint density at radius 1 is 1.47 bits per heavy atom. The highest BCUT2D eigenvalue weighted by Crippen LogP contribution is 2.42. The van der Waals surface area contributed by atoms with Gasteiger partial charge in [0.2, 0.25) is 0 Å². The van der Waals surface area contributed by atoms with Gasteiger partial charge in [-0.2, -0.15) is 24.9 Å². The number of hydrazine groups is 1. The topological polar surface area (TPSA) is 47.3 Å². The maximum atomic E-state index is 12.3. The Labute approximate surface area is 115 Å². The van der Waals surface area contributed by atoms with Crippen molar-refractivity contribution in [2.24, 2.45) is 11.8 Å². The highest BCUT2D eigenvalue weighted by molar-refractivity contribution is 7.99. The fraction of sp³-hybridized carbons (Fsp3) is 1.00. The standard InChI is InChI=1S/C12H21F3N2OS/c13-12(14,15)3-1-10(17-16)9-2-5-18-11(7-9)4-6-19-8-11/h9-10,17H,1-8,16H2. The van der Waals surface area contributed by atoms with Crippen molar-refractivity contribution in [3.63, 3.8) is 0 Å². The summed E-state index contributed by atoms with van der Waals surface area (Å²) in [5.41, 5.74) is 2.48. The molecule has 0 radical (unpaired) electrons. The van der Waals surface area contributed by atoms with E-state index in [1.807, 2.05) is 11.8 Å². The third kappa shape index (κ3) is 4.24. The Kier molecular flexibility index (Phi) is 5.03. The lowest BCUT2D eigenvalue weighted by molar-refractivity contribution is -0.139. The Balaban J connectivity index is 1.90.